The van der Waals surface area contributed by atoms with E-state index < -0.39 is 17.3 Å². The molecular formula is C27H30FN7O4. The minimum Gasteiger partial charge on any atom is -0.480 e. The second-order valence-corrected chi connectivity index (χ2v) is 10.4. The number of imidazole rings is 1. The molecule has 0 aliphatic carbocycles. The van der Waals surface area contributed by atoms with Gasteiger partial charge in [0.1, 0.15) is 16.6 Å². The number of anilines is 2. The standard InChI is InChI=1S/C27H30FN7O4/c1-27(2,3)39-26(37)33(4)17-8-10-34(15-17)20-7-6-18(22-23(20)32-21(38-5)13-30-22)25(36)31-16-12-19(28)24-29-9-11-35(24)14-16/h6-7,9,11-14,17H,8,10,15H2,1-5H3,(H,31,36)/t17-/m1/s1. The normalized spacial score (nSPS) is 15.5. The molecule has 1 fully saturated rings. The summed E-state index contributed by atoms with van der Waals surface area (Å²) in [5, 5.41) is 2.75. The van der Waals surface area contributed by atoms with Crippen LogP contribution >= 0.6 is 0 Å². The highest BCUT2D eigenvalue weighted by Crippen LogP contribution is 2.32. The number of ether oxygens (including phenoxy) is 2. The average Bonchev–Trinajstić information content (AvgIpc) is 3.56. The van der Waals surface area contributed by atoms with Gasteiger partial charge in [-0.3, -0.25) is 4.79 Å². The van der Waals surface area contributed by atoms with E-state index in [1.165, 1.54) is 30.0 Å². The quantitative estimate of drug-likeness (QED) is 0.406. The molecule has 1 aliphatic rings. The maximum Gasteiger partial charge on any atom is 0.410 e. The van der Waals surface area contributed by atoms with Gasteiger partial charge in [-0.05, 0) is 39.3 Å². The number of aromatic nitrogens is 4. The van der Waals surface area contributed by atoms with Crippen molar-refractivity contribution in [2.75, 3.05) is 37.5 Å². The zero-order valence-corrected chi connectivity index (χ0v) is 22.4. The summed E-state index contributed by atoms with van der Waals surface area (Å²) in [5.74, 6) is -0.716. The van der Waals surface area contributed by atoms with Gasteiger partial charge in [0, 0.05) is 44.8 Å². The highest BCUT2D eigenvalue weighted by atomic mass is 19.1. The summed E-state index contributed by atoms with van der Waals surface area (Å²) in [4.78, 5) is 42.7. The summed E-state index contributed by atoms with van der Waals surface area (Å²) >= 11 is 0. The fraction of sp³-hybridized carbons (Fsp3) is 0.370. The van der Waals surface area contributed by atoms with Gasteiger partial charge in [0.25, 0.3) is 5.91 Å². The summed E-state index contributed by atoms with van der Waals surface area (Å²) in [5.41, 5.74) is 1.75. The van der Waals surface area contributed by atoms with E-state index in [1.54, 1.807) is 36.5 Å². The second-order valence-electron chi connectivity index (χ2n) is 10.4. The van der Waals surface area contributed by atoms with Crippen LogP contribution in [-0.2, 0) is 4.74 Å². The molecule has 0 spiro atoms. The first-order valence-electron chi connectivity index (χ1n) is 12.5. The number of hydrogen-bond donors (Lipinski definition) is 1. The maximum absolute atomic E-state index is 14.4. The van der Waals surface area contributed by atoms with Crippen molar-refractivity contribution in [3.63, 3.8) is 0 Å². The molecule has 5 rings (SSSR count). The van der Waals surface area contributed by atoms with Crippen LogP contribution in [0.5, 0.6) is 5.88 Å². The molecule has 39 heavy (non-hydrogen) atoms. The van der Waals surface area contributed by atoms with Gasteiger partial charge >= 0.3 is 6.09 Å². The van der Waals surface area contributed by atoms with E-state index in [9.17, 15) is 14.0 Å². The third-order valence-electron chi connectivity index (χ3n) is 6.54. The van der Waals surface area contributed by atoms with Crippen molar-refractivity contribution < 1.29 is 23.5 Å². The second kappa shape index (κ2) is 10.0. The number of methoxy groups -OCH3 is 1. The molecule has 11 nitrogen and oxygen atoms in total. The summed E-state index contributed by atoms with van der Waals surface area (Å²) in [6.45, 7) is 6.73. The topological polar surface area (TPSA) is 114 Å². The Morgan fingerprint density at radius 3 is 2.74 bits per heavy atom. The van der Waals surface area contributed by atoms with Crippen LogP contribution in [-0.4, -0.2) is 75.1 Å². The monoisotopic (exact) mass is 535 g/mol. The number of carbonyl (C=O) groups excluding carboxylic acids is 2. The largest absolute Gasteiger partial charge is 0.480 e. The SMILES string of the molecule is COc1cnc2c(C(=O)Nc3cc(F)c4nccn4c3)ccc(N3CC[C@@H](N(C)C(=O)OC(C)(C)C)C3)c2n1. The molecule has 0 saturated carbocycles. The number of benzene rings is 1. The van der Waals surface area contributed by atoms with Gasteiger partial charge in [-0.2, -0.15) is 0 Å². The van der Waals surface area contributed by atoms with Crippen LogP contribution in [0.1, 0.15) is 37.6 Å². The van der Waals surface area contributed by atoms with Crippen LogP contribution in [0.25, 0.3) is 16.7 Å². The average molecular weight is 536 g/mol. The highest BCUT2D eigenvalue weighted by Gasteiger charge is 2.32. The van der Waals surface area contributed by atoms with Crippen molar-refractivity contribution in [2.24, 2.45) is 0 Å². The molecule has 1 N–H and O–H groups in total. The summed E-state index contributed by atoms with van der Waals surface area (Å²) in [6, 6.07) is 4.63. The number of rotatable bonds is 5. The van der Waals surface area contributed by atoms with Gasteiger partial charge < -0.3 is 29.0 Å². The Balaban J connectivity index is 1.43. The van der Waals surface area contributed by atoms with Gasteiger partial charge in [-0.25, -0.2) is 24.1 Å². The molecule has 4 aromatic rings. The number of hydrogen-bond acceptors (Lipinski definition) is 8. The number of nitrogens with zero attached hydrogens (tertiary/aromatic N) is 6. The minimum absolute atomic E-state index is 0.0653. The molecule has 4 heterocycles. The predicted octanol–water partition coefficient (Wildman–Crippen LogP) is 4.12. The molecule has 1 saturated heterocycles. The van der Waals surface area contributed by atoms with Crippen LogP contribution in [0.15, 0.2) is 43.0 Å². The Bertz CT molecular complexity index is 1570. The lowest BCUT2D eigenvalue weighted by molar-refractivity contribution is 0.0237. The van der Waals surface area contributed by atoms with Crippen LogP contribution in [0.2, 0.25) is 0 Å². The van der Waals surface area contributed by atoms with Crippen LogP contribution in [0.3, 0.4) is 0 Å². The van der Waals surface area contributed by atoms with Gasteiger partial charge in [-0.15, -0.1) is 0 Å². The van der Waals surface area contributed by atoms with Crippen molar-refractivity contribution in [3.8, 4) is 5.88 Å². The lowest BCUT2D eigenvalue weighted by atomic mass is 10.1. The number of nitrogens with one attached hydrogen (secondary N) is 1. The van der Waals surface area contributed by atoms with Crippen LogP contribution in [0.4, 0.5) is 20.6 Å². The Kier molecular flexibility index (Phi) is 6.71. The van der Waals surface area contributed by atoms with Crippen molar-refractivity contribution in [1.29, 1.82) is 0 Å². The minimum atomic E-state index is -0.585. The Morgan fingerprint density at radius 2 is 2.00 bits per heavy atom. The van der Waals surface area contributed by atoms with Gasteiger partial charge in [0.05, 0.1) is 36.3 Å². The molecule has 2 amide bonds. The highest BCUT2D eigenvalue weighted by molar-refractivity contribution is 6.13. The first-order chi connectivity index (χ1) is 18.5. The molecule has 204 valence electrons. The Hall–Kier alpha value is -4.48. The smallest absolute Gasteiger partial charge is 0.410 e. The van der Waals surface area contributed by atoms with Crippen molar-refractivity contribution >= 4 is 40.1 Å². The van der Waals surface area contributed by atoms with E-state index in [4.69, 9.17) is 9.47 Å². The number of halogens is 1. The molecule has 0 unspecified atom stereocenters. The Morgan fingerprint density at radius 1 is 1.21 bits per heavy atom. The molecule has 1 aliphatic heterocycles. The van der Waals surface area contributed by atoms with E-state index >= 15 is 0 Å². The van der Waals surface area contributed by atoms with Crippen molar-refractivity contribution in [3.05, 3.63) is 54.4 Å². The number of carbonyl (C=O) groups is 2. The van der Waals surface area contributed by atoms with Crippen LogP contribution < -0.4 is 15.0 Å². The van der Waals surface area contributed by atoms with E-state index in [0.717, 1.165) is 12.1 Å². The Labute approximate surface area is 224 Å². The summed E-state index contributed by atoms with van der Waals surface area (Å²) < 4.78 is 26.7. The third kappa shape index (κ3) is 5.27. The van der Waals surface area contributed by atoms with Gasteiger partial charge in [0.2, 0.25) is 5.88 Å². The molecule has 0 bridgehead atoms. The van der Waals surface area contributed by atoms with Gasteiger partial charge in [-0.1, -0.05) is 0 Å². The lowest BCUT2D eigenvalue weighted by Crippen LogP contribution is -2.42. The molecule has 1 atom stereocenters. The van der Waals surface area contributed by atoms with E-state index in [0.29, 0.717) is 30.0 Å². The number of amides is 2. The maximum atomic E-state index is 14.4. The van der Waals surface area contributed by atoms with Crippen molar-refractivity contribution in [2.45, 2.75) is 38.8 Å². The zero-order valence-electron chi connectivity index (χ0n) is 22.4. The van der Waals surface area contributed by atoms with E-state index in [1.807, 2.05) is 20.8 Å². The van der Waals surface area contributed by atoms with Gasteiger partial charge in [0.15, 0.2) is 11.5 Å². The van der Waals surface area contributed by atoms with Crippen LogP contribution in [0, 0.1) is 5.82 Å². The first-order valence-corrected chi connectivity index (χ1v) is 12.5. The number of likely N-dealkylation sites (N-methyl/N-ethyl adjacent to an activating group) is 1. The van der Waals surface area contributed by atoms with E-state index in [2.05, 4.69) is 25.2 Å². The third-order valence-corrected chi connectivity index (χ3v) is 6.54. The zero-order chi connectivity index (χ0) is 27.9. The van der Waals surface area contributed by atoms with E-state index in [-0.39, 0.29) is 29.0 Å². The number of fused-ring (bicyclic) bond motifs is 2. The number of pyridine rings is 1. The lowest BCUT2D eigenvalue weighted by Gasteiger charge is -2.29. The molecule has 12 heteroatoms. The molecular weight excluding hydrogens is 505 g/mol. The first kappa shape index (κ1) is 26.1. The summed E-state index contributed by atoms with van der Waals surface area (Å²) in [6.07, 6.45) is 6.47. The molecule has 1 aromatic carbocycles. The van der Waals surface area contributed by atoms with Crippen molar-refractivity contribution in [1.82, 2.24) is 24.3 Å². The molecule has 3 aromatic heterocycles. The fourth-order valence-electron chi connectivity index (χ4n) is 4.62. The molecule has 0 radical (unpaired) electrons. The fourth-order valence-corrected chi connectivity index (χ4v) is 4.62. The predicted molar refractivity (Wildman–Crippen MR) is 144 cm³/mol. The summed E-state index contributed by atoms with van der Waals surface area (Å²) in [7, 11) is 3.23.